The average molecular weight is 331 g/mol. The smallest absolute Gasteiger partial charge is 0.229 e. The molecule has 1 amide bonds. The van der Waals surface area contributed by atoms with Crippen LogP contribution in [0.4, 0.5) is 0 Å². The third-order valence-electron chi connectivity index (χ3n) is 5.00. The molecule has 2 aliphatic rings. The number of carbonyl (C=O) groups excluding carboxylic acids is 2. The van der Waals surface area contributed by atoms with Crippen LogP contribution in [0.25, 0.3) is 0 Å². The summed E-state index contributed by atoms with van der Waals surface area (Å²) in [5, 5.41) is 4.05. The van der Waals surface area contributed by atoms with Crippen molar-refractivity contribution in [3.05, 3.63) is 30.1 Å². The zero-order valence-corrected chi connectivity index (χ0v) is 14.4. The molecule has 0 bridgehead atoms. The number of Topliss-reactive ketones (excluding diaryl/α,β-unsaturated/α-hetero) is 1. The number of ether oxygens (including phenoxy) is 1. The van der Waals surface area contributed by atoms with Crippen LogP contribution in [-0.2, 0) is 16.6 Å². The topological polar surface area (TPSA) is 64.4 Å². The Labute approximate surface area is 142 Å². The number of aryl methyl sites for hydroxylation is 1. The Morgan fingerprint density at radius 1 is 1.42 bits per heavy atom. The van der Waals surface area contributed by atoms with Crippen molar-refractivity contribution < 1.29 is 14.3 Å². The standard InChI is InChI=1S/C18H25N3O3/c1-12(2)17-15(6-8-24-17)18(23)21-7-4-5-14(21)9-16(22)13-10-19-20(3)11-13/h10-11,14-15,17H,1,4-9H2,2-3H3/t14-,15+,17+/m0/s1. The van der Waals surface area contributed by atoms with Crippen molar-refractivity contribution in [2.24, 2.45) is 13.0 Å². The third kappa shape index (κ3) is 3.29. The van der Waals surface area contributed by atoms with Crippen LogP contribution in [0.1, 0.15) is 43.0 Å². The normalized spacial score (nSPS) is 26.8. The molecule has 6 nitrogen and oxygen atoms in total. The van der Waals surface area contributed by atoms with Gasteiger partial charge in [0.1, 0.15) is 0 Å². The van der Waals surface area contributed by atoms with E-state index >= 15 is 0 Å². The quantitative estimate of drug-likeness (QED) is 0.611. The predicted octanol–water partition coefficient (Wildman–Crippen LogP) is 1.97. The molecule has 6 heteroatoms. The molecule has 130 valence electrons. The van der Waals surface area contributed by atoms with E-state index in [4.69, 9.17) is 4.74 Å². The van der Waals surface area contributed by atoms with Gasteiger partial charge in [0.15, 0.2) is 5.78 Å². The van der Waals surface area contributed by atoms with Gasteiger partial charge in [0.05, 0.1) is 23.8 Å². The van der Waals surface area contributed by atoms with Crippen molar-refractivity contribution in [1.29, 1.82) is 0 Å². The first-order valence-corrected chi connectivity index (χ1v) is 8.56. The highest BCUT2D eigenvalue weighted by atomic mass is 16.5. The van der Waals surface area contributed by atoms with E-state index in [0.717, 1.165) is 31.4 Å². The van der Waals surface area contributed by atoms with Gasteiger partial charge in [0.2, 0.25) is 5.91 Å². The van der Waals surface area contributed by atoms with Gasteiger partial charge in [0, 0.05) is 38.9 Å². The Kier molecular flexibility index (Phi) is 4.85. The predicted molar refractivity (Wildman–Crippen MR) is 89.6 cm³/mol. The maximum atomic E-state index is 13.0. The van der Waals surface area contributed by atoms with Crippen LogP contribution in [0.5, 0.6) is 0 Å². The summed E-state index contributed by atoms with van der Waals surface area (Å²) in [5.41, 5.74) is 1.51. The highest BCUT2D eigenvalue weighted by Crippen LogP contribution is 2.31. The van der Waals surface area contributed by atoms with E-state index in [-0.39, 0.29) is 29.8 Å². The number of carbonyl (C=O) groups is 2. The van der Waals surface area contributed by atoms with Gasteiger partial charge >= 0.3 is 0 Å². The lowest BCUT2D eigenvalue weighted by Crippen LogP contribution is -2.43. The molecule has 1 aromatic rings. The van der Waals surface area contributed by atoms with E-state index in [0.29, 0.717) is 18.6 Å². The summed E-state index contributed by atoms with van der Waals surface area (Å²) in [4.78, 5) is 27.3. The lowest BCUT2D eigenvalue weighted by atomic mass is 9.94. The number of rotatable bonds is 5. The lowest BCUT2D eigenvalue weighted by Gasteiger charge is -2.29. The fourth-order valence-corrected chi connectivity index (χ4v) is 3.78. The van der Waals surface area contributed by atoms with E-state index in [9.17, 15) is 9.59 Å². The molecule has 2 saturated heterocycles. The summed E-state index contributed by atoms with van der Waals surface area (Å²) in [7, 11) is 1.79. The first kappa shape index (κ1) is 16.9. The van der Waals surface area contributed by atoms with E-state index in [2.05, 4.69) is 11.7 Å². The summed E-state index contributed by atoms with van der Waals surface area (Å²) in [5.74, 6) is 0.00510. The highest BCUT2D eigenvalue weighted by Gasteiger charge is 2.40. The minimum absolute atomic E-state index is 0.0171. The molecule has 24 heavy (non-hydrogen) atoms. The van der Waals surface area contributed by atoms with Crippen LogP contribution in [0, 0.1) is 5.92 Å². The van der Waals surface area contributed by atoms with E-state index in [1.807, 2.05) is 11.8 Å². The van der Waals surface area contributed by atoms with Crippen molar-refractivity contribution in [3.63, 3.8) is 0 Å². The maximum absolute atomic E-state index is 13.0. The van der Waals surface area contributed by atoms with E-state index < -0.39 is 0 Å². The van der Waals surface area contributed by atoms with Crippen molar-refractivity contribution >= 4 is 11.7 Å². The van der Waals surface area contributed by atoms with Gasteiger partial charge in [0.25, 0.3) is 0 Å². The molecule has 2 aliphatic heterocycles. The van der Waals surface area contributed by atoms with Crippen LogP contribution in [-0.4, -0.2) is 51.7 Å². The Hall–Kier alpha value is -1.95. The van der Waals surface area contributed by atoms with E-state index in [1.54, 1.807) is 24.1 Å². The SMILES string of the molecule is C=C(C)[C@H]1OCC[C@H]1C(=O)N1CCC[C@H]1CC(=O)c1cnn(C)c1. The highest BCUT2D eigenvalue weighted by molar-refractivity contribution is 5.96. The fraction of sp³-hybridized carbons (Fsp3) is 0.611. The second-order valence-corrected chi connectivity index (χ2v) is 6.89. The molecule has 0 N–H and O–H groups in total. The summed E-state index contributed by atoms with van der Waals surface area (Å²) in [6.45, 7) is 7.18. The van der Waals surface area contributed by atoms with Crippen LogP contribution in [0.15, 0.2) is 24.5 Å². The van der Waals surface area contributed by atoms with Gasteiger partial charge in [-0.1, -0.05) is 12.2 Å². The van der Waals surface area contributed by atoms with Gasteiger partial charge in [-0.25, -0.2) is 0 Å². The molecule has 0 aromatic carbocycles. The number of aromatic nitrogens is 2. The summed E-state index contributed by atoms with van der Waals surface area (Å²) in [6, 6.07) is -0.0171. The van der Waals surface area contributed by atoms with Gasteiger partial charge in [-0.15, -0.1) is 0 Å². The second-order valence-electron chi connectivity index (χ2n) is 6.89. The molecule has 0 radical (unpaired) electrons. The zero-order chi connectivity index (χ0) is 17.3. The van der Waals surface area contributed by atoms with Crippen molar-refractivity contribution in [1.82, 2.24) is 14.7 Å². The minimum atomic E-state index is -0.187. The van der Waals surface area contributed by atoms with Gasteiger partial charge in [-0.2, -0.15) is 5.10 Å². The molecule has 1 aromatic heterocycles. The van der Waals surface area contributed by atoms with Crippen molar-refractivity contribution in [2.75, 3.05) is 13.2 Å². The molecule has 0 aliphatic carbocycles. The van der Waals surface area contributed by atoms with Gasteiger partial charge in [-0.05, 0) is 26.2 Å². The molecule has 0 spiro atoms. The van der Waals surface area contributed by atoms with Crippen LogP contribution >= 0.6 is 0 Å². The number of likely N-dealkylation sites (tertiary alicyclic amines) is 1. The molecule has 0 saturated carbocycles. The molecule has 0 unspecified atom stereocenters. The Morgan fingerprint density at radius 2 is 2.21 bits per heavy atom. The first-order chi connectivity index (χ1) is 11.5. The summed E-state index contributed by atoms with van der Waals surface area (Å²) < 4.78 is 7.29. The van der Waals surface area contributed by atoms with Crippen LogP contribution < -0.4 is 0 Å². The number of hydrogen-bond acceptors (Lipinski definition) is 4. The van der Waals surface area contributed by atoms with Crippen LogP contribution in [0.2, 0.25) is 0 Å². The minimum Gasteiger partial charge on any atom is -0.373 e. The van der Waals surface area contributed by atoms with Crippen LogP contribution in [0.3, 0.4) is 0 Å². The molecular formula is C18H25N3O3. The number of hydrogen-bond donors (Lipinski definition) is 0. The molecule has 2 fully saturated rings. The lowest BCUT2D eigenvalue weighted by molar-refractivity contribution is -0.137. The Balaban J connectivity index is 1.67. The molecule has 3 atom stereocenters. The zero-order valence-electron chi connectivity index (χ0n) is 14.4. The van der Waals surface area contributed by atoms with Crippen molar-refractivity contribution in [2.45, 2.75) is 44.8 Å². The largest absolute Gasteiger partial charge is 0.373 e. The number of ketones is 1. The summed E-state index contributed by atoms with van der Waals surface area (Å²) in [6.07, 6.45) is 6.05. The maximum Gasteiger partial charge on any atom is 0.229 e. The molecule has 3 heterocycles. The molecule has 3 rings (SSSR count). The van der Waals surface area contributed by atoms with Gasteiger partial charge in [-0.3, -0.25) is 14.3 Å². The monoisotopic (exact) mass is 331 g/mol. The summed E-state index contributed by atoms with van der Waals surface area (Å²) >= 11 is 0. The van der Waals surface area contributed by atoms with E-state index in [1.165, 1.54) is 0 Å². The Bertz CT molecular complexity index is 652. The van der Waals surface area contributed by atoms with Crippen molar-refractivity contribution in [3.8, 4) is 0 Å². The van der Waals surface area contributed by atoms with Gasteiger partial charge < -0.3 is 9.64 Å². The first-order valence-electron chi connectivity index (χ1n) is 8.56. The number of nitrogens with zero attached hydrogens (tertiary/aromatic N) is 3. The second kappa shape index (κ2) is 6.89. The molecular weight excluding hydrogens is 306 g/mol. The average Bonchev–Trinajstić information content (AvgIpc) is 3.26. The third-order valence-corrected chi connectivity index (χ3v) is 5.00. The number of amides is 1. The Morgan fingerprint density at radius 3 is 2.88 bits per heavy atom. The fourth-order valence-electron chi connectivity index (χ4n) is 3.78.